The van der Waals surface area contributed by atoms with Crippen molar-refractivity contribution in [2.45, 2.75) is 31.1 Å². The summed E-state index contributed by atoms with van der Waals surface area (Å²) in [7, 11) is 0. The molecule has 0 radical (unpaired) electrons. The topological polar surface area (TPSA) is 96.8 Å². The van der Waals surface area contributed by atoms with Gasteiger partial charge < -0.3 is 14.6 Å². The maximum Gasteiger partial charge on any atom is 0.327 e. The molecule has 8 nitrogen and oxygen atoms in total. The third-order valence-corrected chi connectivity index (χ3v) is 6.40. The highest BCUT2D eigenvalue weighted by molar-refractivity contribution is 6.23. The van der Waals surface area contributed by atoms with Crippen LogP contribution in [-0.2, 0) is 9.47 Å². The van der Waals surface area contributed by atoms with E-state index >= 15 is 0 Å². The van der Waals surface area contributed by atoms with E-state index in [2.05, 4.69) is 17.4 Å². The number of benzene rings is 3. The number of anilines is 1. The Morgan fingerprint density at radius 3 is 2.32 bits per heavy atom. The van der Waals surface area contributed by atoms with Gasteiger partial charge in [-0.05, 0) is 10.8 Å². The molecule has 4 aromatic rings. The summed E-state index contributed by atoms with van der Waals surface area (Å²) in [6, 6.07) is 15.8. The van der Waals surface area contributed by atoms with Crippen LogP contribution < -0.4 is 5.32 Å². The fourth-order valence-corrected chi connectivity index (χ4v) is 5.04. The third-order valence-electron chi connectivity index (χ3n) is 6.40. The van der Waals surface area contributed by atoms with Crippen LogP contribution in [0.4, 0.5) is 10.6 Å². The van der Waals surface area contributed by atoms with Crippen molar-refractivity contribution < 1.29 is 19.4 Å². The van der Waals surface area contributed by atoms with Crippen molar-refractivity contribution in [1.29, 1.82) is 0 Å². The van der Waals surface area contributed by atoms with E-state index in [1.54, 1.807) is 0 Å². The van der Waals surface area contributed by atoms with Crippen LogP contribution in [0.1, 0.15) is 18.3 Å². The second kappa shape index (κ2) is 6.10. The molecule has 3 aliphatic heterocycles. The first-order valence-electron chi connectivity index (χ1n) is 10.3. The summed E-state index contributed by atoms with van der Waals surface area (Å²) in [5.41, 5.74) is 2.01. The minimum Gasteiger partial charge on any atom is -0.388 e. The number of carbonyl (C=O) groups excluding carboxylic acids is 1. The van der Waals surface area contributed by atoms with Gasteiger partial charge in [-0.2, -0.15) is 0 Å². The Balaban J connectivity index is 1.53. The molecule has 31 heavy (non-hydrogen) atoms. The fourth-order valence-electron chi connectivity index (χ4n) is 5.04. The Morgan fingerprint density at radius 1 is 0.968 bits per heavy atom. The molecule has 0 aliphatic carbocycles. The summed E-state index contributed by atoms with van der Waals surface area (Å²) in [5, 5.41) is 17.4. The smallest absolute Gasteiger partial charge is 0.327 e. The minimum atomic E-state index is -0.768. The molecule has 2 bridgehead atoms. The number of hydrogen-bond donors (Lipinski definition) is 2. The Bertz CT molecular complexity index is 1410. The highest BCUT2D eigenvalue weighted by Gasteiger charge is 2.50. The molecule has 3 aliphatic rings. The van der Waals surface area contributed by atoms with E-state index in [9.17, 15) is 9.90 Å². The molecule has 4 atom stereocenters. The van der Waals surface area contributed by atoms with Crippen LogP contribution in [0.3, 0.4) is 0 Å². The summed E-state index contributed by atoms with van der Waals surface area (Å²) < 4.78 is 11.9. The van der Waals surface area contributed by atoms with Gasteiger partial charge in [0.15, 0.2) is 18.3 Å². The van der Waals surface area contributed by atoms with Crippen LogP contribution in [0.15, 0.2) is 48.5 Å². The lowest BCUT2D eigenvalue weighted by Crippen LogP contribution is -2.52. The number of nitrogens with zero attached hydrogens (tertiary/aromatic N) is 3. The molecule has 4 heterocycles. The Labute approximate surface area is 176 Å². The minimum absolute atomic E-state index is 0.250. The normalized spacial score (nSPS) is 27.3. The lowest BCUT2D eigenvalue weighted by Gasteiger charge is -2.38. The molecule has 0 unspecified atom stereocenters. The van der Waals surface area contributed by atoms with Crippen LogP contribution in [0.5, 0.6) is 0 Å². The van der Waals surface area contributed by atoms with Crippen LogP contribution in [0, 0.1) is 0 Å². The molecule has 0 saturated carbocycles. The monoisotopic (exact) mass is 414 g/mol. The second-order valence-electron chi connectivity index (χ2n) is 8.22. The number of aromatic nitrogens is 2. The van der Waals surface area contributed by atoms with Gasteiger partial charge >= 0.3 is 6.03 Å². The highest BCUT2D eigenvalue weighted by atomic mass is 16.6. The van der Waals surface area contributed by atoms with Crippen LogP contribution in [-0.4, -0.2) is 51.0 Å². The zero-order valence-electron chi connectivity index (χ0n) is 16.4. The molecular formula is C23H18N4O4. The Kier molecular flexibility index (Phi) is 3.42. The molecule has 1 aromatic heterocycles. The van der Waals surface area contributed by atoms with E-state index in [1.165, 1.54) is 4.90 Å². The highest BCUT2D eigenvalue weighted by Crippen LogP contribution is 2.42. The van der Waals surface area contributed by atoms with Gasteiger partial charge in [0.1, 0.15) is 11.8 Å². The van der Waals surface area contributed by atoms with Crippen molar-refractivity contribution >= 4 is 44.4 Å². The molecule has 0 spiro atoms. The van der Waals surface area contributed by atoms with Crippen molar-refractivity contribution in [2.24, 2.45) is 0 Å². The lowest BCUT2D eigenvalue weighted by molar-refractivity contribution is -0.101. The van der Waals surface area contributed by atoms with E-state index in [0.717, 1.165) is 32.6 Å². The van der Waals surface area contributed by atoms with Crippen molar-refractivity contribution in [3.63, 3.8) is 0 Å². The molecule has 2 N–H and O–H groups in total. The molecule has 2 fully saturated rings. The molecule has 2 saturated heterocycles. The number of aliphatic hydroxyl groups excluding tert-OH is 1. The van der Waals surface area contributed by atoms with Gasteiger partial charge in [0.2, 0.25) is 0 Å². The average molecular weight is 414 g/mol. The summed E-state index contributed by atoms with van der Waals surface area (Å²) >= 11 is 0. The second-order valence-corrected chi connectivity index (χ2v) is 8.22. The van der Waals surface area contributed by atoms with E-state index < -0.39 is 24.6 Å². The summed E-state index contributed by atoms with van der Waals surface area (Å²) in [6.07, 6.45) is -2.11. The molecule has 7 rings (SSSR count). The Hall–Kier alpha value is -3.33. The predicted octanol–water partition coefficient (Wildman–Crippen LogP) is 3.29. The van der Waals surface area contributed by atoms with Gasteiger partial charge in [-0.1, -0.05) is 48.5 Å². The number of amides is 2. The van der Waals surface area contributed by atoms with E-state index in [4.69, 9.17) is 19.4 Å². The first-order valence-corrected chi connectivity index (χ1v) is 10.3. The standard InChI is InChI=1S/C23H18N4O4/c28-16-9-11-10-30-22-19-20(26-23(29)27(22)21(16)31-11)25-18-15-8-4-2-6-13(15)12-5-1-3-7-14(12)17(18)24-19/h1-8,11,16,21-22,28H,9-10H2,(H,25,26,29)/t11-,16+,21+,22-/m0/s1. The van der Waals surface area contributed by atoms with E-state index in [0.29, 0.717) is 17.9 Å². The quantitative estimate of drug-likeness (QED) is 0.429. The van der Waals surface area contributed by atoms with E-state index in [-0.39, 0.29) is 12.7 Å². The molecule has 8 heteroatoms. The van der Waals surface area contributed by atoms with Crippen LogP contribution in [0.2, 0.25) is 0 Å². The number of ether oxygens (including phenoxy) is 2. The van der Waals surface area contributed by atoms with Gasteiger partial charge in [0.05, 0.1) is 23.7 Å². The predicted molar refractivity (Wildman–Crippen MR) is 113 cm³/mol. The summed E-state index contributed by atoms with van der Waals surface area (Å²) in [6.45, 7) is 0.277. The first kappa shape index (κ1) is 17.4. The Morgan fingerprint density at radius 2 is 1.61 bits per heavy atom. The number of urea groups is 1. The molecule has 2 amide bonds. The van der Waals surface area contributed by atoms with Gasteiger partial charge in [-0.3, -0.25) is 10.2 Å². The summed E-state index contributed by atoms with van der Waals surface area (Å²) in [5.74, 6) is 0.381. The van der Waals surface area contributed by atoms with Crippen LogP contribution in [0.25, 0.3) is 32.6 Å². The number of carbonyl (C=O) groups is 1. The third kappa shape index (κ3) is 2.32. The zero-order valence-corrected chi connectivity index (χ0v) is 16.4. The largest absolute Gasteiger partial charge is 0.388 e. The van der Waals surface area contributed by atoms with Crippen molar-refractivity contribution in [1.82, 2.24) is 14.9 Å². The van der Waals surface area contributed by atoms with Crippen molar-refractivity contribution in [2.75, 3.05) is 11.9 Å². The lowest BCUT2D eigenvalue weighted by atomic mass is 9.99. The molecular weight excluding hydrogens is 396 g/mol. The van der Waals surface area contributed by atoms with E-state index in [1.807, 2.05) is 36.4 Å². The van der Waals surface area contributed by atoms with Crippen molar-refractivity contribution in [3.8, 4) is 0 Å². The maximum atomic E-state index is 13.0. The van der Waals surface area contributed by atoms with Crippen molar-refractivity contribution in [3.05, 3.63) is 54.2 Å². The maximum absolute atomic E-state index is 13.0. The first-order chi connectivity index (χ1) is 15.2. The van der Waals surface area contributed by atoms with Gasteiger partial charge in [-0.25, -0.2) is 14.8 Å². The van der Waals surface area contributed by atoms with Gasteiger partial charge in [0, 0.05) is 17.2 Å². The van der Waals surface area contributed by atoms with Gasteiger partial charge in [-0.15, -0.1) is 0 Å². The molecule has 3 aromatic carbocycles. The van der Waals surface area contributed by atoms with Crippen LogP contribution >= 0.6 is 0 Å². The fraction of sp³-hybridized carbons (Fsp3) is 0.261. The molecule has 154 valence electrons. The number of nitrogens with one attached hydrogen (secondary N) is 1. The number of fused-ring (bicyclic) bond motifs is 12. The number of rotatable bonds is 0. The summed E-state index contributed by atoms with van der Waals surface area (Å²) in [4.78, 5) is 24.2. The van der Waals surface area contributed by atoms with Gasteiger partial charge in [0.25, 0.3) is 0 Å². The SMILES string of the molecule is O=C1Nc2nc3c4ccccc4c4ccccc4c3nc2[C@@H]2OC[C@@H]3C[C@@H](O)[C@@H](O3)N12. The number of hydrogen-bond acceptors (Lipinski definition) is 6. The zero-order chi connectivity index (χ0) is 20.7. The number of aliphatic hydroxyl groups is 1. The average Bonchev–Trinajstić information content (AvgIpc) is 3.04.